The van der Waals surface area contributed by atoms with E-state index in [1.165, 1.54) is 12.1 Å². The molecule has 110 valence electrons. The summed E-state index contributed by atoms with van der Waals surface area (Å²) in [6.07, 6.45) is 3.45. The number of carbonyl (C=O) groups is 1. The molecule has 1 aromatic carbocycles. The van der Waals surface area contributed by atoms with Gasteiger partial charge < -0.3 is 10.6 Å². The molecule has 0 aromatic heterocycles. The van der Waals surface area contributed by atoms with Crippen molar-refractivity contribution in [3.63, 3.8) is 0 Å². The van der Waals surface area contributed by atoms with E-state index < -0.39 is 10.0 Å². The highest BCUT2D eigenvalue weighted by atomic mass is 32.2. The Hall–Kier alpha value is -1.86. The fourth-order valence-electron chi connectivity index (χ4n) is 1.35. The number of primary sulfonamides is 1. The van der Waals surface area contributed by atoms with Crippen LogP contribution in [0.2, 0.25) is 0 Å². The molecule has 0 bridgehead atoms. The quantitative estimate of drug-likeness (QED) is 0.763. The van der Waals surface area contributed by atoms with Crippen LogP contribution >= 0.6 is 0 Å². The van der Waals surface area contributed by atoms with Gasteiger partial charge in [-0.1, -0.05) is 32.1 Å². The Morgan fingerprint density at radius 1 is 1.30 bits per heavy atom. The zero-order chi connectivity index (χ0) is 15.2. The maximum Gasteiger partial charge on any atom is 0.319 e. The number of amides is 2. The third-order valence-corrected chi connectivity index (χ3v) is 3.33. The van der Waals surface area contributed by atoms with Gasteiger partial charge in [-0.25, -0.2) is 18.4 Å². The number of rotatable bonds is 5. The number of sulfonamides is 1. The predicted molar refractivity (Wildman–Crippen MR) is 77.2 cm³/mol. The largest absolute Gasteiger partial charge is 0.334 e. The van der Waals surface area contributed by atoms with Crippen LogP contribution < -0.4 is 15.8 Å². The number of nitrogens with two attached hydrogens (primary N) is 1. The molecule has 0 saturated heterocycles. The van der Waals surface area contributed by atoms with Crippen LogP contribution in [0.3, 0.4) is 0 Å². The van der Waals surface area contributed by atoms with Gasteiger partial charge in [-0.2, -0.15) is 0 Å². The van der Waals surface area contributed by atoms with Crippen molar-refractivity contribution in [2.45, 2.75) is 25.3 Å². The van der Waals surface area contributed by atoms with Crippen LogP contribution in [0.15, 0.2) is 41.4 Å². The number of carbonyl (C=O) groups excluding carboxylic acids is 1. The standard InChI is InChI=1S/C13H19N3O3S/c1-10(2)7-8-15-13(17)16-9-11-3-5-12(6-4-11)20(14,18)19/h3-8,10H,9H2,1-2H3,(H2,14,18,19)(H2,15,16,17)/b8-7+. The van der Waals surface area contributed by atoms with Crippen LogP contribution in [-0.2, 0) is 16.6 Å². The molecule has 20 heavy (non-hydrogen) atoms. The van der Waals surface area contributed by atoms with Crippen molar-refractivity contribution in [3.8, 4) is 0 Å². The van der Waals surface area contributed by atoms with E-state index in [4.69, 9.17) is 5.14 Å². The molecule has 0 radical (unpaired) electrons. The summed E-state index contributed by atoms with van der Waals surface area (Å²) in [6.45, 7) is 4.30. The summed E-state index contributed by atoms with van der Waals surface area (Å²) in [5, 5.41) is 10.2. The lowest BCUT2D eigenvalue weighted by Crippen LogP contribution is -2.31. The predicted octanol–water partition coefficient (Wildman–Crippen LogP) is 1.30. The third-order valence-electron chi connectivity index (χ3n) is 2.40. The van der Waals surface area contributed by atoms with Gasteiger partial charge in [0.1, 0.15) is 0 Å². The molecule has 0 aliphatic carbocycles. The summed E-state index contributed by atoms with van der Waals surface area (Å²) >= 11 is 0. The molecule has 2 amide bonds. The van der Waals surface area contributed by atoms with Crippen LogP contribution in [0.4, 0.5) is 4.79 Å². The maximum atomic E-state index is 11.4. The van der Waals surface area contributed by atoms with Gasteiger partial charge in [0.05, 0.1) is 4.90 Å². The van der Waals surface area contributed by atoms with Crippen LogP contribution in [0.1, 0.15) is 19.4 Å². The van der Waals surface area contributed by atoms with Gasteiger partial charge in [0.2, 0.25) is 10.0 Å². The lowest BCUT2D eigenvalue weighted by molar-refractivity contribution is 0.243. The Kier molecular flexibility index (Phi) is 5.72. The van der Waals surface area contributed by atoms with Crippen molar-refractivity contribution < 1.29 is 13.2 Å². The summed E-state index contributed by atoms with van der Waals surface area (Å²) in [7, 11) is -3.68. The van der Waals surface area contributed by atoms with Gasteiger partial charge in [0.25, 0.3) is 0 Å². The van der Waals surface area contributed by atoms with E-state index in [1.54, 1.807) is 18.3 Å². The summed E-state index contributed by atoms with van der Waals surface area (Å²) in [5.41, 5.74) is 0.778. The topological polar surface area (TPSA) is 101 Å². The third kappa shape index (κ3) is 5.85. The summed E-state index contributed by atoms with van der Waals surface area (Å²) < 4.78 is 22.1. The molecule has 0 unspecified atom stereocenters. The molecule has 1 aromatic rings. The monoisotopic (exact) mass is 297 g/mol. The first-order chi connectivity index (χ1) is 9.29. The molecule has 0 spiro atoms. The molecule has 1 rings (SSSR count). The molecule has 0 saturated carbocycles. The highest BCUT2D eigenvalue weighted by Crippen LogP contribution is 2.08. The number of hydrogen-bond donors (Lipinski definition) is 3. The first kappa shape index (κ1) is 16.2. The molecular formula is C13H19N3O3S. The van der Waals surface area contributed by atoms with Gasteiger partial charge >= 0.3 is 6.03 Å². The van der Waals surface area contributed by atoms with E-state index in [-0.39, 0.29) is 10.9 Å². The molecule has 0 atom stereocenters. The minimum Gasteiger partial charge on any atom is -0.334 e. The van der Waals surface area contributed by atoms with Gasteiger partial charge in [0, 0.05) is 12.7 Å². The van der Waals surface area contributed by atoms with Crippen molar-refractivity contribution in [1.29, 1.82) is 0 Å². The molecule has 6 nitrogen and oxygen atoms in total. The first-order valence-electron chi connectivity index (χ1n) is 6.12. The second-order valence-corrected chi connectivity index (χ2v) is 6.18. The zero-order valence-electron chi connectivity index (χ0n) is 11.5. The second-order valence-electron chi connectivity index (χ2n) is 4.62. The fourth-order valence-corrected chi connectivity index (χ4v) is 1.86. The van der Waals surface area contributed by atoms with Crippen molar-refractivity contribution in [3.05, 3.63) is 42.1 Å². The number of hydrogen-bond acceptors (Lipinski definition) is 3. The zero-order valence-corrected chi connectivity index (χ0v) is 12.3. The van der Waals surface area contributed by atoms with E-state index in [0.29, 0.717) is 12.5 Å². The van der Waals surface area contributed by atoms with Gasteiger partial charge in [-0.05, 0) is 23.6 Å². The van der Waals surface area contributed by atoms with Gasteiger partial charge in [0.15, 0.2) is 0 Å². The fraction of sp³-hybridized carbons (Fsp3) is 0.308. The number of urea groups is 1. The first-order valence-corrected chi connectivity index (χ1v) is 7.66. The minimum absolute atomic E-state index is 0.0468. The highest BCUT2D eigenvalue weighted by Gasteiger charge is 2.06. The van der Waals surface area contributed by atoms with Gasteiger partial charge in [-0.15, -0.1) is 0 Å². The minimum atomic E-state index is -3.68. The average molecular weight is 297 g/mol. The highest BCUT2D eigenvalue weighted by molar-refractivity contribution is 7.89. The van der Waals surface area contributed by atoms with Crippen molar-refractivity contribution in [2.24, 2.45) is 11.1 Å². The van der Waals surface area contributed by atoms with Crippen molar-refractivity contribution >= 4 is 16.1 Å². The molecule has 0 aliphatic rings. The summed E-state index contributed by atoms with van der Waals surface area (Å²) in [6, 6.07) is 5.69. The number of allylic oxidation sites excluding steroid dienone is 1. The van der Waals surface area contributed by atoms with Gasteiger partial charge in [-0.3, -0.25) is 0 Å². The SMILES string of the molecule is CC(C)/C=C/NC(=O)NCc1ccc(S(N)(=O)=O)cc1. The molecule has 7 heteroatoms. The second kappa shape index (κ2) is 7.06. The summed E-state index contributed by atoms with van der Waals surface area (Å²) in [4.78, 5) is 11.5. The lowest BCUT2D eigenvalue weighted by Gasteiger charge is -2.06. The normalized spacial score (nSPS) is 11.8. The molecular weight excluding hydrogens is 278 g/mol. The van der Waals surface area contributed by atoms with E-state index in [0.717, 1.165) is 5.56 Å². The Labute approximate surface area is 119 Å². The Morgan fingerprint density at radius 2 is 1.90 bits per heavy atom. The molecule has 0 aliphatic heterocycles. The van der Waals surface area contributed by atoms with Crippen LogP contribution in [-0.4, -0.2) is 14.4 Å². The number of nitrogens with one attached hydrogen (secondary N) is 2. The van der Waals surface area contributed by atoms with E-state index in [2.05, 4.69) is 10.6 Å². The van der Waals surface area contributed by atoms with Crippen molar-refractivity contribution in [1.82, 2.24) is 10.6 Å². The van der Waals surface area contributed by atoms with E-state index in [9.17, 15) is 13.2 Å². The summed E-state index contributed by atoms with van der Waals surface area (Å²) in [5.74, 6) is 0.362. The van der Waals surface area contributed by atoms with Crippen LogP contribution in [0.5, 0.6) is 0 Å². The van der Waals surface area contributed by atoms with E-state index in [1.807, 2.05) is 19.9 Å². The molecule has 0 heterocycles. The molecule has 4 N–H and O–H groups in total. The Morgan fingerprint density at radius 3 is 2.40 bits per heavy atom. The number of benzene rings is 1. The lowest BCUT2D eigenvalue weighted by atomic mass is 10.2. The maximum absolute atomic E-state index is 11.4. The Bertz CT molecular complexity index is 577. The Balaban J connectivity index is 2.48. The van der Waals surface area contributed by atoms with Crippen molar-refractivity contribution in [2.75, 3.05) is 0 Å². The van der Waals surface area contributed by atoms with E-state index >= 15 is 0 Å². The van der Waals surface area contributed by atoms with Crippen LogP contribution in [0.25, 0.3) is 0 Å². The molecule has 0 fully saturated rings. The van der Waals surface area contributed by atoms with Crippen LogP contribution in [0, 0.1) is 5.92 Å². The smallest absolute Gasteiger partial charge is 0.319 e. The average Bonchev–Trinajstić information content (AvgIpc) is 2.35.